The summed E-state index contributed by atoms with van der Waals surface area (Å²) < 4.78 is 0. The summed E-state index contributed by atoms with van der Waals surface area (Å²) in [5, 5.41) is 2.99. The van der Waals surface area contributed by atoms with Crippen LogP contribution in [0.15, 0.2) is 42.1 Å². The van der Waals surface area contributed by atoms with Crippen LogP contribution in [0, 0.1) is 5.92 Å². The molecule has 0 saturated carbocycles. The second-order valence-electron chi connectivity index (χ2n) is 8.68. The summed E-state index contributed by atoms with van der Waals surface area (Å²) in [6.07, 6.45) is 8.39. The predicted molar refractivity (Wildman–Crippen MR) is 118 cm³/mol. The van der Waals surface area contributed by atoms with E-state index in [0.29, 0.717) is 18.9 Å². The van der Waals surface area contributed by atoms with Gasteiger partial charge in [-0.2, -0.15) is 0 Å². The van der Waals surface area contributed by atoms with E-state index in [1.54, 1.807) is 0 Å². The summed E-state index contributed by atoms with van der Waals surface area (Å²) in [5.74, 6) is 0.690. The molecule has 30 heavy (non-hydrogen) atoms. The van der Waals surface area contributed by atoms with E-state index in [9.17, 15) is 9.59 Å². The van der Waals surface area contributed by atoms with Gasteiger partial charge in [0.05, 0.1) is 0 Å². The molecule has 1 N–H and O–H groups in total. The Bertz CT molecular complexity index is 756. The van der Waals surface area contributed by atoms with E-state index in [0.717, 1.165) is 52.1 Å². The Kier molecular flexibility index (Phi) is 7.05. The number of hydrogen-bond donors (Lipinski definition) is 1. The largest absolute Gasteiger partial charge is 0.340 e. The Labute approximate surface area is 179 Å². The van der Waals surface area contributed by atoms with Crippen LogP contribution in [0.1, 0.15) is 44.1 Å². The van der Waals surface area contributed by atoms with E-state index in [1.807, 2.05) is 15.9 Å². The van der Waals surface area contributed by atoms with Crippen LogP contribution in [0.25, 0.3) is 0 Å². The Hall–Kier alpha value is -2.34. The van der Waals surface area contributed by atoms with Gasteiger partial charge in [0.1, 0.15) is 0 Å². The van der Waals surface area contributed by atoms with Crippen molar-refractivity contribution in [2.75, 3.05) is 39.3 Å². The van der Waals surface area contributed by atoms with Gasteiger partial charge in [0, 0.05) is 57.9 Å². The van der Waals surface area contributed by atoms with E-state index < -0.39 is 0 Å². The maximum Gasteiger partial charge on any atom is 0.321 e. The molecule has 1 unspecified atom stereocenters. The number of nitrogens with zero attached hydrogens (tertiary/aromatic N) is 3. The first-order chi connectivity index (χ1) is 14.7. The molecule has 2 aliphatic heterocycles. The lowest BCUT2D eigenvalue weighted by molar-refractivity contribution is -0.132. The Morgan fingerprint density at radius 2 is 1.73 bits per heavy atom. The van der Waals surface area contributed by atoms with Crippen LogP contribution in [0.4, 0.5) is 4.79 Å². The SMILES string of the molecule is O=C(CCNC(=O)N1CCCC2CCCC=C21)N1CCN(Cc2ccccc2)CC1. The third kappa shape index (κ3) is 5.22. The van der Waals surface area contributed by atoms with Gasteiger partial charge in [-0.15, -0.1) is 0 Å². The van der Waals surface area contributed by atoms with Crippen LogP contribution in [-0.2, 0) is 11.3 Å². The number of benzene rings is 1. The molecule has 4 rings (SSSR count). The highest BCUT2D eigenvalue weighted by Crippen LogP contribution is 2.34. The molecule has 0 aromatic heterocycles. The van der Waals surface area contributed by atoms with Gasteiger partial charge in [-0.05, 0) is 43.6 Å². The number of carbonyl (C=O) groups excluding carboxylic acids is 2. The van der Waals surface area contributed by atoms with Crippen molar-refractivity contribution in [2.45, 2.75) is 45.1 Å². The number of piperidine rings is 1. The van der Waals surface area contributed by atoms with Crippen LogP contribution >= 0.6 is 0 Å². The Balaban J connectivity index is 1.17. The molecule has 162 valence electrons. The van der Waals surface area contributed by atoms with E-state index in [1.165, 1.54) is 30.5 Å². The van der Waals surface area contributed by atoms with Crippen molar-refractivity contribution in [2.24, 2.45) is 5.92 Å². The minimum Gasteiger partial charge on any atom is -0.340 e. The fourth-order valence-corrected chi connectivity index (χ4v) is 4.92. The van der Waals surface area contributed by atoms with Gasteiger partial charge in [-0.3, -0.25) is 14.6 Å². The van der Waals surface area contributed by atoms with Gasteiger partial charge >= 0.3 is 6.03 Å². The first-order valence-corrected chi connectivity index (χ1v) is 11.5. The number of fused-ring (bicyclic) bond motifs is 1. The molecule has 1 aromatic carbocycles. The van der Waals surface area contributed by atoms with Gasteiger partial charge in [-0.25, -0.2) is 4.79 Å². The number of piperazine rings is 1. The maximum atomic E-state index is 12.7. The Morgan fingerprint density at radius 1 is 0.967 bits per heavy atom. The van der Waals surface area contributed by atoms with Crippen LogP contribution in [0.3, 0.4) is 0 Å². The van der Waals surface area contributed by atoms with Crippen LogP contribution in [0.5, 0.6) is 0 Å². The molecule has 0 radical (unpaired) electrons. The minimum atomic E-state index is -0.0340. The fourth-order valence-electron chi connectivity index (χ4n) is 4.92. The van der Waals surface area contributed by atoms with E-state index >= 15 is 0 Å². The maximum absolute atomic E-state index is 12.7. The number of amides is 3. The number of hydrogen-bond acceptors (Lipinski definition) is 3. The van der Waals surface area contributed by atoms with Gasteiger partial charge in [0.15, 0.2) is 0 Å². The molecule has 2 fully saturated rings. The first kappa shape index (κ1) is 20.9. The van der Waals surface area contributed by atoms with Crippen molar-refractivity contribution in [3.63, 3.8) is 0 Å². The highest BCUT2D eigenvalue weighted by atomic mass is 16.2. The third-order valence-corrected chi connectivity index (χ3v) is 6.61. The van der Waals surface area contributed by atoms with Gasteiger partial charge in [-0.1, -0.05) is 36.4 Å². The summed E-state index contributed by atoms with van der Waals surface area (Å²) in [4.78, 5) is 31.5. The quantitative estimate of drug-likeness (QED) is 0.811. The summed E-state index contributed by atoms with van der Waals surface area (Å²) in [7, 11) is 0. The number of likely N-dealkylation sites (tertiary alicyclic amines) is 1. The Morgan fingerprint density at radius 3 is 2.53 bits per heavy atom. The summed E-state index contributed by atoms with van der Waals surface area (Å²) in [6, 6.07) is 10.4. The monoisotopic (exact) mass is 410 g/mol. The van der Waals surface area contributed by atoms with E-state index in [-0.39, 0.29) is 11.9 Å². The smallest absolute Gasteiger partial charge is 0.321 e. The van der Waals surface area contributed by atoms with Crippen molar-refractivity contribution in [1.82, 2.24) is 20.0 Å². The zero-order chi connectivity index (χ0) is 20.8. The van der Waals surface area contributed by atoms with E-state index in [2.05, 4.69) is 40.6 Å². The van der Waals surface area contributed by atoms with Crippen molar-refractivity contribution < 1.29 is 9.59 Å². The highest BCUT2D eigenvalue weighted by Gasteiger charge is 2.30. The van der Waals surface area contributed by atoms with Crippen molar-refractivity contribution >= 4 is 11.9 Å². The zero-order valence-corrected chi connectivity index (χ0v) is 17.9. The van der Waals surface area contributed by atoms with Crippen molar-refractivity contribution in [1.29, 1.82) is 0 Å². The molecule has 3 aliphatic rings. The fraction of sp³-hybridized carbons (Fsp3) is 0.583. The lowest BCUT2D eigenvalue weighted by Crippen LogP contribution is -2.49. The second kappa shape index (κ2) is 10.1. The first-order valence-electron chi connectivity index (χ1n) is 11.5. The van der Waals surface area contributed by atoms with Crippen molar-refractivity contribution in [3.05, 3.63) is 47.7 Å². The summed E-state index contributed by atoms with van der Waals surface area (Å²) in [5.41, 5.74) is 2.53. The highest BCUT2D eigenvalue weighted by molar-refractivity contribution is 5.79. The number of carbonyl (C=O) groups is 2. The molecule has 2 heterocycles. The predicted octanol–water partition coefficient (Wildman–Crippen LogP) is 3.21. The molecule has 1 atom stereocenters. The normalized spacial score (nSPS) is 22.3. The molecule has 2 saturated heterocycles. The van der Waals surface area contributed by atoms with Crippen molar-refractivity contribution in [3.8, 4) is 0 Å². The standard InChI is InChI=1S/C24H34N4O2/c29-23(27-17-15-26(16-18-27)19-20-7-2-1-3-8-20)12-13-25-24(30)28-14-6-10-21-9-4-5-11-22(21)28/h1-3,7-8,11,21H,4-6,9-10,12-19H2,(H,25,30). The number of urea groups is 1. The van der Waals surface area contributed by atoms with Crippen LogP contribution in [-0.4, -0.2) is 65.9 Å². The molecule has 6 nitrogen and oxygen atoms in total. The molecule has 1 aromatic rings. The molecule has 0 spiro atoms. The average Bonchev–Trinajstić information content (AvgIpc) is 2.79. The molecule has 1 aliphatic carbocycles. The molecule has 3 amide bonds. The lowest BCUT2D eigenvalue weighted by atomic mass is 9.85. The molecular formula is C24H34N4O2. The number of rotatable bonds is 5. The summed E-state index contributed by atoms with van der Waals surface area (Å²) in [6.45, 7) is 5.47. The topological polar surface area (TPSA) is 55.9 Å². The zero-order valence-electron chi connectivity index (χ0n) is 17.9. The molecule has 0 bridgehead atoms. The van der Waals surface area contributed by atoms with Gasteiger partial charge in [0.25, 0.3) is 0 Å². The average molecular weight is 411 g/mol. The van der Waals surface area contributed by atoms with E-state index in [4.69, 9.17) is 0 Å². The minimum absolute atomic E-state index is 0.0340. The lowest BCUT2D eigenvalue weighted by Gasteiger charge is -2.38. The molecular weight excluding hydrogens is 376 g/mol. The summed E-state index contributed by atoms with van der Waals surface area (Å²) >= 11 is 0. The van der Waals surface area contributed by atoms with Crippen LogP contribution in [0.2, 0.25) is 0 Å². The van der Waals surface area contributed by atoms with Crippen LogP contribution < -0.4 is 5.32 Å². The number of allylic oxidation sites excluding steroid dienone is 2. The second-order valence-corrected chi connectivity index (χ2v) is 8.68. The number of nitrogens with one attached hydrogen (secondary N) is 1. The van der Waals surface area contributed by atoms with Gasteiger partial charge < -0.3 is 10.2 Å². The molecule has 6 heteroatoms. The third-order valence-electron chi connectivity index (χ3n) is 6.61. The van der Waals surface area contributed by atoms with Gasteiger partial charge in [0.2, 0.25) is 5.91 Å².